The number of benzene rings is 1. The fraction of sp³-hybridized carbons (Fsp3) is 0.167. The summed E-state index contributed by atoms with van der Waals surface area (Å²) in [5.41, 5.74) is 6.76. The average molecular weight is 285 g/mol. The van der Waals surface area contributed by atoms with Crippen LogP contribution in [0.1, 0.15) is 22.9 Å². The third kappa shape index (κ3) is 2.59. The Kier molecular flexibility index (Phi) is 3.55. The highest BCUT2D eigenvalue weighted by Crippen LogP contribution is 2.31. The fourth-order valence-corrected chi connectivity index (χ4v) is 1.95. The Labute approximate surface area is 112 Å². The van der Waals surface area contributed by atoms with Gasteiger partial charge in [0, 0.05) is 5.02 Å². The Morgan fingerprint density at radius 1 is 1.47 bits per heavy atom. The van der Waals surface area contributed by atoms with Crippen LogP contribution in [-0.4, -0.2) is 4.92 Å². The molecule has 0 amide bonds. The van der Waals surface area contributed by atoms with Crippen LogP contribution in [0.5, 0.6) is 0 Å². The number of halogens is 2. The predicted octanol–water partition coefficient (Wildman–Crippen LogP) is 3.34. The second kappa shape index (κ2) is 4.99. The van der Waals surface area contributed by atoms with Crippen molar-refractivity contribution in [2.45, 2.75) is 13.0 Å². The SMILES string of the molecule is Cc1cc(C(N)c2ccc([N+](=O)[O-])o2)c(Cl)cc1F. The number of hydrogen-bond acceptors (Lipinski definition) is 4. The predicted molar refractivity (Wildman–Crippen MR) is 67.5 cm³/mol. The summed E-state index contributed by atoms with van der Waals surface area (Å²) in [5.74, 6) is -0.647. The molecule has 1 heterocycles. The van der Waals surface area contributed by atoms with Crippen LogP contribution in [0.25, 0.3) is 0 Å². The lowest BCUT2D eigenvalue weighted by molar-refractivity contribution is -0.402. The lowest BCUT2D eigenvalue weighted by Gasteiger charge is -2.12. The number of nitrogens with two attached hydrogens (primary N) is 1. The zero-order valence-corrected chi connectivity index (χ0v) is 10.6. The topological polar surface area (TPSA) is 82.3 Å². The molecule has 0 spiro atoms. The molecule has 0 bridgehead atoms. The number of hydrogen-bond donors (Lipinski definition) is 1. The Morgan fingerprint density at radius 2 is 2.16 bits per heavy atom. The molecule has 0 radical (unpaired) electrons. The number of nitrogens with zero attached hydrogens (tertiary/aromatic N) is 1. The third-order valence-electron chi connectivity index (χ3n) is 2.71. The molecule has 1 aromatic heterocycles. The van der Waals surface area contributed by atoms with Crippen LogP contribution in [0.15, 0.2) is 28.7 Å². The zero-order valence-electron chi connectivity index (χ0n) is 9.89. The van der Waals surface area contributed by atoms with Crippen molar-refractivity contribution >= 4 is 17.5 Å². The Hall–Kier alpha value is -1.92. The van der Waals surface area contributed by atoms with Crippen molar-refractivity contribution in [3.05, 3.63) is 62.1 Å². The van der Waals surface area contributed by atoms with Crippen LogP contribution >= 0.6 is 11.6 Å². The molecule has 1 unspecified atom stereocenters. The van der Waals surface area contributed by atoms with Gasteiger partial charge in [0.1, 0.15) is 16.5 Å². The van der Waals surface area contributed by atoms with Crippen LogP contribution < -0.4 is 5.73 Å². The van der Waals surface area contributed by atoms with E-state index in [1.165, 1.54) is 18.2 Å². The molecule has 0 saturated heterocycles. The van der Waals surface area contributed by atoms with E-state index in [0.29, 0.717) is 11.1 Å². The van der Waals surface area contributed by atoms with Crippen LogP contribution in [0, 0.1) is 22.9 Å². The summed E-state index contributed by atoms with van der Waals surface area (Å²) in [7, 11) is 0. The van der Waals surface area contributed by atoms with E-state index in [1.54, 1.807) is 6.92 Å². The van der Waals surface area contributed by atoms with Crippen molar-refractivity contribution in [2.24, 2.45) is 5.73 Å². The van der Waals surface area contributed by atoms with Gasteiger partial charge in [-0.15, -0.1) is 0 Å². The first-order valence-electron chi connectivity index (χ1n) is 5.35. The van der Waals surface area contributed by atoms with Crippen LogP contribution in [0.3, 0.4) is 0 Å². The zero-order chi connectivity index (χ0) is 14.2. The normalized spacial score (nSPS) is 12.4. The summed E-state index contributed by atoms with van der Waals surface area (Å²) in [6, 6.07) is 4.47. The molecule has 5 nitrogen and oxygen atoms in total. The lowest BCUT2D eigenvalue weighted by Crippen LogP contribution is -2.12. The number of rotatable bonds is 3. The van der Waals surface area contributed by atoms with Gasteiger partial charge in [-0.3, -0.25) is 10.1 Å². The van der Waals surface area contributed by atoms with E-state index >= 15 is 0 Å². The summed E-state index contributed by atoms with van der Waals surface area (Å²) >= 11 is 5.92. The highest BCUT2D eigenvalue weighted by molar-refractivity contribution is 6.31. The standard InChI is InChI=1S/C12H10ClFN2O3/c1-6-4-7(8(13)5-9(6)14)12(15)10-2-3-11(19-10)16(17)18/h2-5,12H,15H2,1H3. The minimum absolute atomic E-state index is 0.148. The molecule has 0 saturated carbocycles. The van der Waals surface area contributed by atoms with Gasteiger partial charge in [-0.1, -0.05) is 11.6 Å². The second-order valence-electron chi connectivity index (χ2n) is 4.03. The van der Waals surface area contributed by atoms with Gasteiger partial charge >= 0.3 is 5.88 Å². The third-order valence-corrected chi connectivity index (χ3v) is 3.04. The molecular formula is C12H10ClFN2O3. The number of furan rings is 1. The highest BCUT2D eigenvalue weighted by Gasteiger charge is 2.21. The van der Waals surface area contributed by atoms with Crippen LogP contribution in [0.4, 0.5) is 10.3 Å². The molecule has 2 aromatic rings. The van der Waals surface area contributed by atoms with Crippen molar-refractivity contribution in [3.63, 3.8) is 0 Å². The average Bonchev–Trinajstić information content (AvgIpc) is 2.82. The smallest absolute Gasteiger partial charge is 0.404 e. The molecule has 0 aliphatic carbocycles. The Balaban J connectivity index is 2.40. The summed E-state index contributed by atoms with van der Waals surface area (Å²) in [6.45, 7) is 1.58. The summed E-state index contributed by atoms with van der Waals surface area (Å²) < 4.78 is 18.3. The van der Waals surface area contributed by atoms with Gasteiger partial charge in [-0.25, -0.2) is 4.39 Å². The van der Waals surface area contributed by atoms with Crippen molar-refractivity contribution in [1.29, 1.82) is 0 Å². The van der Waals surface area contributed by atoms with Gasteiger partial charge in [0.25, 0.3) is 0 Å². The maximum absolute atomic E-state index is 13.3. The van der Waals surface area contributed by atoms with E-state index in [2.05, 4.69) is 0 Å². The van der Waals surface area contributed by atoms with E-state index in [9.17, 15) is 14.5 Å². The maximum Gasteiger partial charge on any atom is 0.433 e. The molecule has 2 N–H and O–H groups in total. The van der Waals surface area contributed by atoms with Gasteiger partial charge in [-0.05, 0) is 36.2 Å². The van der Waals surface area contributed by atoms with Crippen LogP contribution in [-0.2, 0) is 0 Å². The van der Waals surface area contributed by atoms with E-state index < -0.39 is 22.7 Å². The van der Waals surface area contributed by atoms with Gasteiger partial charge in [-0.2, -0.15) is 0 Å². The molecular weight excluding hydrogens is 275 g/mol. The molecule has 0 fully saturated rings. The van der Waals surface area contributed by atoms with Gasteiger partial charge in [0.2, 0.25) is 0 Å². The molecule has 0 aliphatic heterocycles. The minimum Gasteiger partial charge on any atom is -0.404 e. The van der Waals surface area contributed by atoms with E-state index in [-0.39, 0.29) is 10.8 Å². The monoisotopic (exact) mass is 284 g/mol. The Bertz CT molecular complexity index is 642. The molecule has 1 aromatic carbocycles. The summed E-state index contributed by atoms with van der Waals surface area (Å²) in [5, 5.41) is 10.7. The van der Waals surface area contributed by atoms with Crippen LogP contribution in [0.2, 0.25) is 5.02 Å². The highest BCUT2D eigenvalue weighted by atomic mass is 35.5. The number of nitro groups is 1. The van der Waals surface area contributed by atoms with E-state index in [0.717, 1.165) is 6.07 Å². The number of aryl methyl sites for hydroxylation is 1. The second-order valence-corrected chi connectivity index (χ2v) is 4.44. The molecule has 7 heteroatoms. The summed E-state index contributed by atoms with van der Waals surface area (Å²) in [4.78, 5) is 9.88. The first-order chi connectivity index (χ1) is 8.90. The van der Waals surface area contributed by atoms with Gasteiger partial charge < -0.3 is 10.2 Å². The minimum atomic E-state index is -0.791. The first kappa shape index (κ1) is 13.5. The van der Waals surface area contributed by atoms with Crippen molar-refractivity contribution in [3.8, 4) is 0 Å². The lowest BCUT2D eigenvalue weighted by atomic mass is 10.0. The quantitative estimate of drug-likeness (QED) is 0.692. The van der Waals surface area contributed by atoms with Crippen molar-refractivity contribution < 1.29 is 13.7 Å². The van der Waals surface area contributed by atoms with Gasteiger partial charge in [0.05, 0.1) is 12.1 Å². The molecule has 0 aliphatic rings. The largest absolute Gasteiger partial charge is 0.433 e. The maximum atomic E-state index is 13.3. The van der Waals surface area contributed by atoms with Crippen molar-refractivity contribution in [2.75, 3.05) is 0 Å². The van der Waals surface area contributed by atoms with Crippen molar-refractivity contribution in [1.82, 2.24) is 0 Å². The molecule has 1 atom stereocenters. The molecule has 19 heavy (non-hydrogen) atoms. The molecule has 100 valence electrons. The summed E-state index contributed by atoms with van der Waals surface area (Å²) in [6.07, 6.45) is 0. The molecule has 2 rings (SSSR count). The van der Waals surface area contributed by atoms with E-state index in [1.807, 2.05) is 0 Å². The fourth-order valence-electron chi connectivity index (χ4n) is 1.68. The Morgan fingerprint density at radius 3 is 2.74 bits per heavy atom. The van der Waals surface area contributed by atoms with E-state index in [4.69, 9.17) is 21.8 Å². The van der Waals surface area contributed by atoms with Gasteiger partial charge in [0.15, 0.2) is 0 Å². The first-order valence-corrected chi connectivity index (χ1v) is 5.73.